The van der Waals surface area contributed by atoms with Crippen molar-refractivity contribution in [1.82, 2.24) is 0 Å². The summed E-state index contributed by atoms with van der Waals surface area (Å²) in [6, 6.07) is 14.8. The van der Waals surface area contributed by atoms with Gasteiger partial charge in [-0.05, 0) is 6.08 Å². The molecule has 0 spiro atoms. The zero-order valence-electron chi connectivity index (χ0n) is 16.6. The van der Waals surface area contributed by atoms with Crippen molar-refractivity contribution in [3.63, 3.8) is 0 Å². The van der Waals surface area contributed by atoms with E-state index in [2.05, 4.69) is 65.7 Å². The molecule has 2 aromatic rings. The molecule has 1 aliphatic heterocycles. The van der Waals surface area contributed by atoms with Crippen LogP contribution in [0.4, 0.5) is 0 Å². The van der Waals surface area contributed by atoms with Gasteiger partial charge in [0.15, 0.2) is 0 Å². The van der Waals surface area contributed by atoms with E-state index in [9.17, 15) is 5.11 Å². The average molecular weight is 440 g/mol. The summed E-state index contributed by atoms with van der Waals surface area (Å²) >= 11 is -2.82. The standard InChI is InChI=1S/C10H13O.C6H5.C4H5N.3CH3.Ru/c1-3-8-5-9(4-2)7-10(11)6-8;1-2-4-6-5-3-1;1-2-4-5-3-1;;;;/h6-7,11H,3-4H2,1-2H3;1-5H;1-3H,4H2;3*1H3;. The molecule has 0 saturated heterocycles. The number of aromatic hydroxyl groups is 1. The maximum atomic E-state index is 10.0. The summed E-state index contributed by atoms with van der Waals surface area (Å²) in [5, 5.41) is 10.0. The molecule has 0 unspecified atom stereocenters. The fourth-order valence-electron chi connectivity index (χ4n) is 3.26. The Morgan fingerprint density at radius 1 is 0.962 bits per heavy atom. The number of nitrogens with zero attached hydrogens (tertiary/aromatic N) is 1. The first-order valence-corrected chi connectivity index (χ1v) is 15.9. The molecule has 0 amide bonds. The first-order valence-electron chi connectivity index (χ1n) is 8.97. The van der Waals surface area contributed by atoms with E-state index in [0.29, 0.717) is 5.75 Å². The monoisotopic (exact) mass is 440 g/mol. The van der Waals surface area contributed by atoms with Gasteiger partial charge in [-0.25, -0.2) is 0 Å². The number of allylic oxidation sites excluding steroid dienone is 1. The van der Waals surface area contributed by atoms with Gasteiger partial charge in [0.2, 0.25) is 0 Å². The van der Waals surface area contributed by atoms with Crippen LogP contribution in [0.2, 0.25) is 16.6 Å². The molecule has 143 valence electrons. The third-order valence-corrected chi connectivity index (χ3v) is 12.8. The number of rotatable bonds is 4. The molecule has 2 nitrogen and oxygen atoms in total. The van der Waals surface area contributed by atoms with E-state index < -0.39 is 13.6 Å². The Labute approximate surface area is 159 Å². The van der Waals surface area contributed by atoms with Crippen molar-refractivity contribution in [3.05, 3.63) is 65.7 Å². The van der Waals surface area contributed by atoms with Crippen LogP contribution in [0, 0.1) is 0 Å². The van der Waals surface area contributed by atoms with Gasteiger partial charge in [0.05, 0.1) is 6.54 Å². The molecule has 1 heterocycles. The van der Waals surface area contributed by atoms with Crippen molar-refractivity contribution in [1.29, 1.82) is 0 Å². The number of phenolic OH excluding ortho intramolecular Hbond substituents is 1. The topological polar surface area (TPSA) is 32.6 Å². The molecule has 0 aliphatic carbocycles. The first-order chi connectivity index (χ1) is 12.3. The molecule has 1 N–H and O–H groups in total. The zero-order valence-corrected chi connectivity index (χ0v) is 18.4. The zero-order chi connectivity index (χ0) is 19.2. The van der Waals surface area contributed by atoms with Gasteiger partial charge >= 0.3 is 130 Å². The molecule has 3 rings (SSSR count). The van der Waals surface area contributed by atoms with E-state index in [1.54, 1.807) is 6.21 Å². The molecule has 0 bridgehead atoms. The summed E-state index contributed by atoms with van der Waals surface area (Å²) < 4.78 is 3.00. The van der Waals surface area contributed by atoms with Gasteiger partial charge in [-0.1, -0.05) is 6.08 Å². The van der Waals surface area contributed by atoms with Gasteiger partial charge in [-0.15, -0.1) is 0 Å². The summed E-state index contributed by atoms with van der Waals surface area (Å²) in [7, 11) is 0. The molecule has 2 aromatic carbocycles. The summed E-state index contributed by atoms with van der Waals surface area (Å²) in [4.78, 5) is 3.85. The van der Waals surface area contributed by atoms with Crippen LogP contribution in [-0.2, 0) is 26.4 Å². The summed E-state index contributed by atoms with van der Waals surface area (Å²) in [5.74, 6) is 0.403. The summed E-state index contributed by atoms with van der Waals surface area (Å²) in [6.45, 7) is 5.26. The molecule has 26 heavy (non-hydrogen) atoms. The molecular formula is C23H32NORu. The summed E-state index contributed by atoms with van der Waals surface area (Å²) in [6.07, 6.45) is 7.70. The molecule has 0 aromatic heterocycles. The van der Waals surface area contributed by atoms with E-state index in [0.717, 1.165) is 19.4 Å². The average Bonchev–Trinajstić information content (AvgIpc) is 3.21. The predicted molar refractivity (Wildman–Crippen MR) is 113 cm³/mol. The van der Waals surface area contributed by atoms with E-state index in [4.69, 9.17) is 0 Å². The van der Waals surface area contributed by atoms with Crippen LogP contribution in [0.5, 0.6) is 5.75 Å². The van der Waals surface area contributed by atoms with Crippen LogP contribution >= 0.6 is 0 Å². The van der Waals surface area contributed by atoms with Crippen LogP contribution in [0.3, 0.4) is 0 Å². The van der Waals surface area contributed by atoms with E-state index >= 15 is 0 Å². The Bertz CT molecular complexity index is 763. The Hall–Kier alpha value is -1.73. The normalized spacial score (nSPS) is 14.4. The number of aryl methyl sites for hydroxylation is 2. The van der Waals surface area contributed by atoms with E-state index in [1.807, 2.05) is 24.3 Å². The van der Waals surface area contributed by atoms with Crippen LogP contribution in [-0.4, -0.2) is 17.9 Å². The van der Waals surface area contributed by atoms with E-state index in [-0.39, 0.29) is 0 Å². The van der Waals surface area contributed by atoms with E-state index in [1.165, 1.54) is 19.4 Å². The molecule has 1 aliphatic rings. The van der Waals surface area contributed by atoms with Gasteiger partial charge < -0.3 is 0 Å². The number of hydrogen-bond acceptors (Lipinski definition) is 2. The second-order valence-corrected chi connectivity index (χ2v) is 19.9. The number of phenols is 1. The molecular weight excluding hydrogens is 407 g/mol. The molecule has 0 fully saturated rings. The maximum absolute atomic E-state index is 10.0. The SMILES string of the molecule is C1=CCN=C1.CCc1cc(O)cc(CC)[c]1[Ru]([CH3])([CH3])([CH3])[c]1ccccc1. The Morgan fingerprint density at radius 3 is 1.92 bits per heavy atom. The van der Waals surface area contributed by atoms with Crippen LogP contribution in [0.25, 0.3) is 0 Å². The fourth-order valence-corrected chi connectivity index (χ4v) is 10.9. The van der Waals surface area contributed by atoms with Gasteiger partial charge in [-0.3, -0.25) is 4.99 Å². The third-order valence-electron chi connectivity index (χ3n) is 4.55. The number of aliphatic imine (C=N–C) groups is 1. The van der Waals surface area contributed by atoms with Crippen molar-refractivity contribution >= 4 is 14.5 Å². The van der Waals surface area contributed by atoms with Crippen molar-refractivity contribution in [2.75, 3.05) is 6.54 Å². The Kier molecular flexibility index (Phi) is 6.58. The van der Waals surface area contributed by atoms with Gasteiger partial charge in [-0.2, -0.15) is 0 Å². The third kappa shape index (κ3) is 4.51. The van der Waals surface area contributed by atoms with Crippen LogP contribution in [0.1, 0.15) is 25.0 Å². The van der Waals surface area contributed by atoms with Crippen molar-refractivity contribution in [2.24, 2.45) is 4.99 Å². The molecule has 3 heteroatoms. The predicted octanol–water partition coefficient (Wildman–Crippen LogP) is 4.93. The van der Waals surface area contributed by atoms with Gasteiger partial charge in [0.25, 0.3) is 0 Å². The quantitative estimate of drug-likeness (QED) is 0.674. The van der Waals surface area contributed by atoms with Crippen molar-refractivity contribution < 1.29 is 18.7 Å². The second-order valence-electron chi connectivity index (χ2n) is 7.21. The Balaban J connectivity index is 0.000000417. The summed E-state index contributed by atoms with van der Waals surface area (Å²) in [5.41, 5.74) is 10.0. The second kappa shape index (κ2) is 8.31. The van der Waals surface area contributed by atoms with Gasteiger partial charge in [0.1, 0.15) is 0 Å². The fraction of sp³-hybridized carbons (Fsp3) is 0.348. The number of hydrogen-bond donors (Lipinski definition) is 1. The molecule has 0 saturated carbocycles. The first kappa shape index (κ1) is 20.6. The van der Waals surface area contributed by atoms with Crippen molar-refractivity contribution in [2.45, 2.75) is 43.2 Å². The minimum atomic E-state index is -2.82. The molecule has 0 radical (unpaired) electrons. The van der Waals surface area contributed by atoms with Gasteiger partial charge in [0, 0.05) is 6.21 Å². The Morgan fingerprint density at radius 2 is 1.54 bits per heavy atom. The minimum absolute atomic E-state index is 0.403. The van der Waals surface area contributed by atoms with Crippen LogP contribution < -0.4 is 8.32 Å². The number of benzene rings is 2. The van der Waals surface area contributed by atoms with Crippen molar-refractivity contribution in [3.8, 4) is 5.75 Å². The molecule has 0 atom stereocenters. The van der Waals surface area contributed by atoms with Crippen LogP contribution in [0.15, 0.2) is 59.6 Å².